The lowest BCUT2D eigenvalue weighted by Gasteiger charge is -2.18. The molecular weight excluding hydrogens is 985 g/mol. The fourth-order valence-corrected chi connectivity index (χ4v) is 10.2. The Bertz CT molecular complexity index is 1470. The van der Waals surface area contributed by atoms with Crippen molar-refractivity contribution in [1.82, 2.24) is 0 Å². The van der Waals surface area contributed by atoms with Crippen LogP contribution in [0.5, 0.6) is 0 Å². The normalized spacial score (nSPS) is 12.5. The molecule has 464 valence electrons. The summed E-state index contributed by atoms with van der Waals surface area (Å²) in [6.45, 7) is 6.48. The Morgan fingerprint density at radius 3 is 0.838 bits per heavy atom. The van der Waals surface area contributed by atoms with E-state index in [4.69, 9.17) is 14.2 Å². The number of hydrogen-bond acceptors (Lipinski definition) is 6. The summed E-state index contributed by atoms with van der Waals surface area (Å²) in [5, 5.41) is 0. The van der Waals surface area contributed by atoms with E-state index in [0.29, 0.717) is 19.3 Å². The first kappa shape index (κ1) is 76.9. The molecule has 0 aliphatic rings. The first-order valence-electron chi connectivity index (χ1n) is 34.9. The maximum absolute atomic E-state index is 12.9. The first-order valence-corrected chi connectivity index (χ1v) is 34.9. The van der Waals surface area contributed by atoms with Crippen molar-refractivity contribution >= 4 is 17.9 Å². The van der Waals surface area contributed by atoms with Gasteiger partial charge in [-0.15, -0.1) is 0 Å². The summed E-state index contributed by atoms with van der Waals surface area (Å²) in [5.74, 6) is -0.977. The van der Waals surface area contributed by atoms with Crippen molar-refractivity contribution in [2.24, 2.45) is 0 Å². The molecule has 1 atom stereocenters. The highest BCUT2D eigenvalue weighted by atomic mass is 16.6. The summed E-state index contributed by atoms with van der Waals surface area (Å²) in [7, 11) is 0. The van der Waals surface area contributed by atoms with E-state index in [9.17, 15) is 14.4 Å². The maximum Gasteiger partial charge on any atom is 0.306 e. The predicted molar refractivity (Wildman–Crippen MR) is 348 cm³/mol. The minimum atomic E-state index is -0.807. The standard InChI is InChI=1S/C74H132O6/c1-4-7-10-13-16-19-22-25-27-28-29-30-31-32-33-34-35-36-37-38-39-40-41-42-43-44-45-46-47-50-52-55-58-61-64-67-73(76)79-70-71(69-78-72(75)66-63-60-57-54-51-48-24-21-18-15-12-9-6-3)80-74(77)68-65-62-59-56-53-49-26-23-20-17-14-11-8-5-2/h9,12,18,21,23,26,28-29,48,51,57,60,71H,4-8,10-11,13-17,19-20,22,24-25,27,30-47,49-50,52-56,58-59,61-70H2,1-3H3/b12-9-,21-18-,26-23-,29-28-,51-48-,60-57-. The number of rotatable bonds is 64. The van der Waals surface area contributed by atoms with Crippen molar-refractivity contribution in [3.63, 3.8) is 0 Å². The first-order chi connectivity index (χ1) is 39.5. The average molecular weight is 1120 g/mol. The third-order valence-corrected chi connectivity index (χ3v) is 15.4. The van der Waals surface area contributed by atoms with E-state index in [1.54, 1.807) is 0 Å². The van der Waals surface area contributed by atoms with Crippen molar-refractivity contribution in [2.75, 3.05) is 13.2 Å². The smallest absolute Gasteiger partial charge is 0.306 e. The topological polar surface area (TPSA) is 78.9 Å². The Balaban J connectivity index is 4.08. The molecule has 0 aliphatic carbocycles. The monoisotopic (exact) mass is 1120 g/mol. The maximum atomic E-state index is 12.9. The lowest BCUT2D eigenvalue weighted by Crippen LogP contribution is -2.30. The quantitative estimate of drug-likeness (QED) is 0.0261. The summed E-state index contributed by atoms with van der Waals surface area (Å²) < 4.78 is 16.8. The second-order valence-electron chi connectivity index (χ2n) is 23.4. The zero-order valence-electron chi connectivity index (χ0n) is 53.3. The summed E-state index contributed by atoms with van der Waals surface area (Å²) in [4.78, 5) is 38.2. The number of carbonyl (C=O) groups is 3. The Hall–Kier alpha value is -3.15. The van der Waals surface area contributed by atoms with E-state index in [0.717, 1.165) is 77.0 Å². The number of allylic oxidation sites excluding steroid dienone is 12. The molecule has 0 rings (SSSR count). The molecule has 6 heteroatoms. The van der Waals surface area contributed by atoms with Gasteiger partial charge in [0.25, 0.3) is 0 Å². The van der Waals surface area contributed by atoms with Gasteiger partial charge in [0.15, 0.2) is 6.10 Å². The van der Waals surface area contributed by atoms with E-state index in [-0.39, 0.29) is 37.5 Å². The van der Waals surface area contributed by atoms with Gasteiger partial charge in [0.2, 0.25) is 0 Å². The molecule has 0 aromatic rings. The van der Waals surface area contributed by atoms with Crippen LogP contribution in [0.3, 0.4) is 0 Å². The third-order valence-electron chi connectivity index (χ3n) is 15.4. The molecule has 0 N–H and O–H groups in total. The number of ether oxygens (including phenoxy) is 3. The van der Waals surface area contributed by atoms with Gasteiger partial charge in [0.1, 0.15) is 13.2 Å². The third kappa shape index (κ3) is 65.7. The van der Waals surface area contributed by atoms with Gasteiger partial charge in [-0.25, -0.2) is 0 Å². The molecule has 0 radical (unpaired) electrons. The van der Waals surface area contributed by atoms with Crippen molar-refractivity contribution in [3.8, 4) is 0 Å². The summed E-state index contributed by atoms with van der Waals surface area (Å²) in [5.41, 5.74) is 0. The van der Waals surface area contributed by atoms with Gasteiger partial charge in [0.05, 0.1) is 0 Å². The molecule has 0 heterocycles. The van der Waals surface area contributed by atoms with E-state index < -0.39 is 6.10 Å². The van der Waals surface area contributed by atoms with Gasteiger partial charge in [-0.05, 0) is 96.3 Å². The lowest BCUT2D eigenvalue weighted by atomic mass is 10.0. The zero-order chi connectivity index (χ0) is 57.8. The second-order valence-corrected chi connectivity index (χ2v) is 23.4. The van der Waals surface area contributed by atoms with E-state index in [1.807, 2.05) is 6.08 Å². The SMILES string of the molecule is CC/C=C\C/C=C\C/C=C\C/C=C\CCC(=O)OCC(COC(=O)CCCCCCCCCCCCCCCCCCCCCCCCC/C=C\CCCCCCCCCC)OC(=O)CCCCCCC/C=C\CCCCCCC. The van der Waals surface area contributed by atoms with Crippen LogP contribution in [0.2, 0.25) is 0 Å². The highest BCUT2D eigenvalue weighted by Gasteiger charge is 2.19. The largest absolute Gasteiger partial charge is 0.462 e. The number of carbonyl (C=O) groups excluding carboxylic acids is 3. The van der Waals surface area contributed by atoms with Gasteiger partial charge in [-0.3, -0.25) is 14.4 Å². The Labute approximate surface area is 497 Å². The number of hydrogen-bond donors (Lipinski definition) is 0. The molecule has 0 saturated heterocycles. The molecule has 1 unspecified atom stereocenters. The molecule has 0 amide bonds. The number of unbranched alkanes of at least 4 members (excludes halogenated alkanes) is 41. The number of esters is 3. The molecule has 0 fully saturated rings. The molecular formula is C74H132O6. The van der Waals surface area contributed by atoms with Crippen LogP contribution in [0.4, 0.5) is 0 Å². The molecule has 0 spiro atoms. The second kappa shape index (κ2) is 68.3. The summed E-state index contributed by atoms with van der Waals surface area (Å²) >= 11 is 0. The summed E-state index contributed by atoms with van der Waals surface area (Å²) in [6, 6.07) is 0. The molecule has 0 aromatic heterocycles. The lowest BCUT2D eigenvalue weighted by molar-refractivity contribution is -0.166. The zero-order valence-corrected chi connectivity index (χ0v) is 53.3. The van der Waals surface area contributed by atoms with Gasteiger partial charge in [0, 0.05) is 19.3 Å². The van der Waals surface area contributed by atoms with Crippen LogP contribution in [0.25, 0.3) is 0 Å². The van der Waals surface area contributed by atoms with Crippen LogP contribution in [0.15, 0.2) is 72.9 Å². The molecule has 0 aliphatic heterocycles. The van der Waals surface area contributed by atoms with Crippen LogP contribution >= 0.6 is 0 Å². The Kier molecular flexibility index (Phi) is 65.7. The van der Waals surface area contributed by atoms with E-state index in [2.05, 4.69) is 87.6 Å². The molecule has 0 saturated carbocycles. The summed E-state index contributed by atoms with van der Waals surface area (Å²) in [6.07, 6.45) is 89.8. The fourth-order valence-electron chi connectivity index (χ4n) is 10.2. The molecule has 0 aromatic carbocycles. The fraction of sp³-hybridized carbons (Fsp3) is 0.797. The van der Waals surface area contributed by atoms with Gasteiger partial charge >= 0.3 is 17.9 Å². The average Bonchev–Trinajstić information content (AvgIpc) is 3.46. The van der Waals surface area contributed by atoms with Crippen molar-refractivity contribution in [2.45, 2.75) is 367 Å². The van der Waals surface area contributed by atoms with E-state index >= 15 is 0 Å². The minimum absolute atomic E-state index is 0.0977. The van der Waals surface area contributed by atoms with Crippen LogP contribution in [0.1, 0.15) is 361 Å². The minimum Gasteiger partial charge on any atom is -0.462 e. The molecule has 6 nitrogen and oxygen atoms in total. The highest BCUT2D eigenvalue weighted by molar-refractivity contribution is 5.71. The van der Waals surface area contributed by atoms with Gasteiger partial charge < -0.3 is 14.2 Å². The van der Waals surface area contributed by atoms with Crippen molar-refractivity contribution in [3.05, 3.63) is 72.9 Å². The van der Waals surface area contributed by atoms with Gasteiger partial charge in [-0.1, -0.05) is 318 Å². The predicted octanol–water partition coefficient (Wildman–Crippen LogP) is 24.1. The van der Waals surface area contributed by atoms with Crippen LogP contribution in [0, 0.1) is 0 Å². The Morgan fingerprint density at radius 1 is 0.263 bits per heavy atom. The van der Waals surface area contributed by atoms with Crippen molar-refractivity contribution < 1.29 is 28.6 Å². The van der Waals surface area contributed by atoms with Crippen LogP contribution < -0.4 is 0 Å². The molecule has 0 bridgehead atoms. The highest BCUT2D eigenvalue weighted by Crippen LogP contribution is 2.18. The van der Waals surface area contributed by atoms with Crippen LogP contribution in [-0.4, -0.2) is 37.2 Å². The van der Waals surface area contributed by atoms with Crippen molar-refractivity contribution in [1.29, 1.82) is 0 Å². The molecule has 80 heavy (non-hydrogen) atoms. The Morgan fingerprint density at radius 2 is 0.512 bits per heavy atom. The van der Waals surface area contributed by atoms with Gasteiger partial charge in [-0.2, -0.15) is 0 Å². The van der Waals surface area contributed by atoms with E-state index in [1.165, 1.54) is 238 Å². The van der Waals surface area contributed by atoms with Crippen LogP contribution in [-0.2, 0) is 28.6 Å².